The van der Waals surface area contributed by atoms with Gasteiger partial charge in [-0.1, -0.05) is 6.92 Å². The molecule has 0 saturated carbocycles. The maximum atomic E-state index is 7.43. The maximum absolute atomic E-state index is 7.43. The molecule has 0 bridgehead atoms. The molecule has 0 aliphatic carbocycles. The molecule has 0 heterocycles. The van der Waals surface area contributed by atoms with Crippen molar-refractivity contribution in [3.63, 3.8) is 0 Å². The molecule has 3 N–H and O–H groups in total. The van der Waals surface area contributed by atoms with Gasteiger partial charge in [-0.05, 0) is 20.3 Å². The molecule has 0 aliphatic heterocycles. The number of hydrogen-bond donors (Lipinski definition) is 2. The highest BCUT2D eigenvalue weighted by Crippen LogP contribution is 2.08. The molecule has 2 unspecified atom stereocenters. The van der Waals surface area contributed by atoms with Crippen molar-refractivity contribution in [3.05, 3.63) is 0 Å². The van der Waals surface area contributed by atoms with Gasteiger partial charge >= 0.3 is 0 Å². The molecule has 0 saturated heterocycles. The standard InChI is InChI=1S/C10H23N3O/c1-5-8(2)13(6-7-14-4)9(3)10(11)12/h8-9H,5-7H2,1-4H3,(H3,11,12). The topological polar surface area (TPSA) is 62.3 Å². The second kappa shape index (κ2) is 6.79. The molecule has 0 rings (SSSR count). The number of rotatable bonds is 7. The Hall–Kier alpha value is -0.610. The predicted molar refractivity (Wildman–Crippen MR) is 59.7 cm³/mol. The fourth-order valence-electron chi connectivity index (χ4n) is 1.41. The van der Waals surface area contributed by atoms with Gasteiger partial charge in [-0.2, -0.15) is 0 Å². The van der Waals surface area contributed by atoms with E-state index in [9.17, 15) is 0 Å². The molecular weight excluding hydrogens is 178 g/mol. The minimum absolute atomic E-state index is 0.0000926. The van der Waals surface area contributed by atoms with E-state index in [0.29, 0.717) is 12.6 Å². The van der Waals surface area contributed by atoms with Crippen LogP contribution in [0.4, 0.5) is 0 Å². The molecule has 0 spiro atoms. The number of ether oxygens (including phenoxy) is 1. The van der Waals surface area contributed by atoms with Crippen LogP contribution in [0.1, 0.15) is 27.2 Å². The summed E-state index contributed by atoms with van der Waals surface area (Å²) in [7, 11) is 1.69. The molecule has 0 radical (unpaired) electrons. The van der Waals surface area contributed by atoms with Gasteiger partial charge in [0.1, 0.15) is 5.84 Å². The highest BCUT2D eigenvalue weighted by Gasteiger charge is 2.20. The summed E-state index contributed by atoms with van der Waals surface area (Å²) in [6, 6.07) is 0.434. The van der Waals surface area contributed by atoms with Gasteiger partial charge < -0.3 is 10.5 Å². The van der Waals surface area contributed by atoms with Gasteiger partial charge in [0.05, 0.1) is 12.6 Å². The van der Waals surface area contributed by atoms with E-state index in [2.05, 4.69) is 18.7 Å². The summed E-state index contributed by atoms with van der Waals surface area (Å²) in [5.74, 6) is 0.224. The summed E-state index contributed by atoms with van der Waals surface area (Å²) >= 11 is 0. The first kappa shape index (κ1) is 13.4. The number of nitrogens with one attached hydrogen (secondary N) is 1. The van der Waals surface area contributed by atoms with E-state index in [-0.39, 0.29) is 11.9 Å². The number of nitrogens with zero attached hydrogens (tertiary/aromatic N) is 1. The first-order valence-electron chi connectivity index (χ1n) is 5.13. The smallest absolute Gasteiger partial charge is 0.108 e. The zero-order valence-corrected chi connectivity index (χ0v) is 9.71. The molecule has 4 heteroatoms. The number of nitrogens with two attached hydrogens (primary N) is 1. The third kappa shape index (κ3) is 4.07. The van der Waals surface area contributed by atoms with Crippen LogP contribution in [0, 0.1) is 5.41 Å². The van der Waals surface area contributed by atoms with E-state index in [1.807, 2.05) is 6.92 Å². The highest BCUT2D eigenvalue weighted by molar-refractivity contribution is 5.82. The van der Waals surface area contributed by atoms with Gasteiger partial charge in [-0.15, -0.1) is 0 Å². The molecule has 84 valence electrons. The van der Waals surface area contributed by atoms with Crippen molar-refractivity contribution in [2.75, 3.05) is 20.3 Å². The molecular formula is C10H23N3O. The minimum Gasteiger partial charge on any atom is -0.386 e. The second-order valence-electron chi connectivity index (χ2n) is 3.62. The summed E-state index contributed by atoms with van der Waals surface area (Å²) in [4.78, 5) is 2.20. The fraction of sp³-hybridized carbons (Fsp3) is 0.900. The van der Waals surface area contributed by atoms with Crippen molar-refractivity contribution in [1.82, 2.24) is 4.90 Å². The summed E-state index contributed by atoms with van der Waals surface area (Å²) in [6.07, 6.45) is 1.06. The summed E-state index contributed by atoms with van der Waals surface area (Å²) in [6.45, 7) is 7.75. The third-order valence-corrected chi connectivity index (χ3v) is 2.66. The van der Waals surface area contributed by atoms with Crippen molar-refractivity contribution >= 4 is 5.84 Å². The van der Waals surface area contributed by atoms with Crippen LogP contribution >= 0.6 is 0 Å². The van der Waals surface area contributed by atoms with Crippen molar-refractivity contribution < 1.29 is 4.74 Å². The first-order chi connectivity index (χ1) is 6.54. The Labute approximate surface area is 86.9 Å². The van der Waals surface area contributed by atoms with Crippen LogP contribution in [-0.4, -0.2) is 43.1 Å². The summed E-state index contributed by atoms with van der Waals surface area (Å²) in [5, 5.41) is 7.43. The van der Waals surface area contributed by atoms with E-state index < -0.39 is 0 Å². The molecule has 14 heavy (non-hydrogen) atoms. The van der Waals surface area contributed by atoms with Crippen molar-refractivity contribution in [3.8, 4) is 0 Å². The van der Waals surface area contributed by atoms with Gasteiger partial charge in [-0.3, -0.25) is 10.3 Å². The Morgan fingerprint density at radius 2 is 2.07 bits per heavy atom. The first-order valence-corrected chi connectivity index (χ1v) is 5.13. The molecule has 0 amide bonds. The van der Waals surface area contributed by atoms with Gasteiger partial charge in [0, 0.05) is 19.7 Å². The van der Waals surface area contributed by atoms with Crippen LogP contribution in [0.5, 0.6) is 0 Å². The summed E-state index contributed by atoms with van der Waals surface area (Å²) in [5.41, 5.74) is 5.50. The monoisotopic (exact) mass is 201 g/mol. The number of amidine groups is 1. The van der Waals surface area contributed by atoms with E-state index in [1.54, 1.807) is 7.11 Å². The lowest BCUT2D eigenvalue weighted by atomic mass is 10.1. The van der Waals surface area contributed by atoms with Crippen LogP contribution in [0.25, 0.3) is 0 Å². The lowest BCUT2D eigenvalue weighted by molar-refractivity contribution is 0.113. The van der Waals surface area contributed by atoms with Crippen LogP contribution in [0.2, 0.25) is 0 Å². The largest absolute Gasteiger partial charge is 0.386 e. The van der Waals surface area contributed by atoms with Crippen molar-refractivity contribution in [2.24, 2.45) is 5.73 Å². The zero-order chi connectivity index (χ0) is 11.1. The van der Waals surface area contributed by atoms with E-state index in [1.165, 1.54) is 0 Å². The predicted octanol–water partition coefficient (Wildman–Crippen LogP) is 1.06. The molecule has 0 aromatic carbocycles. The number of hydrogen-bond acceptors (Lipinski definition) is 3. The number of methoxy groups -OCH3 is 1. The van der Waals surface area contributed by atoms with E-state index in [0.717, 1.165) is 13.0 Å². The molecule has 0 aliphatic rings. The average molecular weight is 201 g/mol. The normalized spacial score (nSPS) is 15.5. The van der Waals surface area contributed by atoms with Crippen molar-refractivity contribution in [2.45, 2.75) is 39.3 Å². The SMILES string of the molecule is CCC(C)N(CCOC)C(C)C(=N)N. The van der Waals surface area contributed by atoms with Gasteiger partial charge in [-0.25, -0.2) is 0 Å². The highest BCUT2D eigenvalue weighted by atomic mass is 16.5. The average Bonchev–Trinajstić information content (AvgIpc) is 2.17. The molecule has 0 aromatic heterocycles. The second-order valence-corrected chi connectivity index (χ2v) is 3.62. The van der Waals surface area contributed by atoms with Crippen LogP contribution in [-0.2, 0) is 4.74 Å². The Morgan fingerprint density at radius 3 is 2.43 bits per heavy atom. The Morgan fingerprint density at radius 1 is 1.50 bits per heavy atom. The molecule has 0 fully saturated rings. The summed E-state index contributed by atoms with van der Waals surface area (Å²) < 4.78 is 5.04. The maximum Gasteiger partial charge on any atom is 0.108 e. The van der Waals surface area contributed by atoms with Crippen LogP contribution in [0.3, 0.4) is 0 Å². The van der Waals surface area contributed by atoms with Crippen LogP contribution in [0.15, 0.2) is 0 Å². The third-order valence-electron chi connectivity index (χ3n) is 2.66. The van der Waals surface area contributed by atoms with E-state index in [4.69, 9.17) is 15.9 Å². The van der Waals surface area contributed by atoms with E-state index >= 15 is 0 Å². The fourth-order valence-corrected chi connectivity index (χ4v) is 1.41. The zero-order valence-electron chi connectivity index (χ0n) is 9.71. The lowest BCUT2D eigenvalue weighted by Gasteiger charge is -2.33. The minimum atomic E-state index is 0.0000926. The molecule has 2 atom stereocenters. The van der Waals surface area contributed by atoms with Gasteiger partial charge in [0.2, 0.25) is 0 Å². The van der Waals surface area contributed by atoms with Crippen LogP contribution < -0.4 is 5.73 Å². The molecule has 0 aromatic rings. The Kier molecular flexibility index (Phi) is 6.49. The lowest BCUT2D eigenvalue weighted by Crippen LogP contribution is -2.48. The Balaban J connectivity index is 4.29. The van der Waals surface area contributed by atoms with Crippen molar-refractivity contribution in [1.29, 1.82) is 5.41 Å². The quantitative estimate of drug-likeness (QED) is 0.478. The Bertz CT molecular complexity index is 173. The van der Waals surface area contributed by atoms with Gasteiger partial charge in [0.15, 0.2) is 0 Å². The van der Waals surface area contributed by atoms with Gasteiger partial charge in [0.25, 0.3) is 0 Å². The molecule has 4 nitrogen and oxygen atoms in total.